The number of aliphatic hydroxyl groups is 3. The van der Waals surface area contributed by atoms with E-state index in [1.165, 1.54) is 6.92 Å². The van der Waals surface area contributed by atoms with Gasteiger partial charge in [0.2, 0.25) is 0 Å². The van der Waals surface area contributed by atoms with Crippen molar-refractivity contribution in [3.63, 3.8) is 0 Å². The molecule has 76 valence electrons. The Bertz CT molecular complexity index is 193. The summed E-state index contributed by atoms with van der Waals surface area (Å²) in [5.74, 6) is 0. The molecule has 0 aromatic heterocycles. The second-order valence-electron chi connectivity index (χ2n) is 2.59. The molecule has 3 N–H and O–H groups in total. The van der Waals surface area contributed by atoms with Crippen LogP contribution in [0.1, 0.15) is 13.3 Å². The van der Waals surface area contributed by atoms with E-state index in [-0.39, 0.29) is 23.1 Å². The summed E-state index contributed by atoms with van der Waals surface area (Å²) in [4.78, 5) is 0. The average molecular weight is 224 g/mol. The Morgan fingerprint density at radius 3 is 2.31 bits per heavy atom. The standard InChI is InChI=1S/C7H12O4S2/c1-4(8)3-11-7(13)5(9)2-6(10)12/h4-5,8-9H,2-3H2,1H3,(H,10,12). The Labute approximate surface area is 87.1 Å². The van der Waals surface area contributed by atoms with Crippen molar-refractivity contribution in [2.24, 2.45) is 0 Å². The maximum Gasteiger partial charge on any atom is 0.189 e. The minimum atomic E-state index is -1.09. The van der Waals surface area contributed by atoms with E-state index in [9.17, 15) is 5.11 Å². The molecular weight excluding hydrogens is 212 g/mol. The fourth-order valence-electron chi connectivity index (χ4n) is 0.548. The van der Waals surface area contributed by atoms with Crippen molar-refractivity contribution in [2.75, 3.05) is 6.61 Å². The van der Waals surface area contributed by atoms with Gasteiger partial charge >= 0.3 is 0 Å². The molecule has 0 bridgehead atoms. The molecule has 0 rings (SSSR count). The molecule has 4 nitrogen and oxygen atoms in total. The van der Waals surface area contributed by atoms with Gasteiger partial charge in [0.15, 0.2) is 10.1 Å². The zero-order valence-corrected chi connectivity index (χ0v) is 8.77. The monoisotopic (exact) mass is 224 g/mol. The molecule has 0 aromatic carbocycles. The Morgan fingerprint density at radius 2 is 1.92 bits per heavy atom. The fraction of sp³-hybridized carbons (Fsp3) is 0.714. The van der Waals surface area contributed by atoms with Crippen molar-refractivity contribution >= 4 is 34.5 Å². The summed E-state index contributed by atoms with van der Waals surface area (Å²) in [5, 5.41) is 26.3. The molecule has 0 aromatic rings. The molecule has 0 heterocycles. The van der Waals surface area contributed by atoms with E-state index in [2.05, 4.69) is 24.4 Å². The van der Waals surface area contributed by atoms with Gasteiger partial charge in [-0.1, -0.05) is 0 Å². The van der Waals surface area contributed by atoms with Gasteiger partial charge < -0.3 is 20.1 Å². The fourth-order valence-corrected chi connectivity index (χ4v) is 0.857. The largest absolute Gasteiger partial charge is 0.502 e. The first kappa shape index (κ1) is 12.7. The SMILES string of the molecule is CC(O)COC(=S)C(O)CC(O)=S. The molecule has 2 atom stereocenters. The van der Waals surface area contributed by atoms with E-state index in [1.807, 2.05) is 0 Å². The minimum absolute atomic E-state index is 0.0219. The van der Waals surface area contributed by atoms with Crippen molar-refractivity contribution in [1.82, 2.24) is 0 Å². The Morgan fingerprint density at radius 1 is 1.38 bits per heavy atom. The van der Waals surface area contributed by atoms with E-state index in [4.69, 9.17) is 14.9 Å². The lowest BCUT2D eigenvalue weighted by atomic mass is 10.3. The zero-order chi connectivity index (χ0) is 10.4. The van der Waals surface area contributed by atoms with E-state index in [0.717, 1.165) is 0 Å². The minimum Gasteiger partial charge on any atom is -0.502 e. The van der Waals surface area contributed by atoms with Gasteiger partial charge in [-0.3, -0.25) is 0 Å². The Kier molecular flexibility index (Phi) is 6.06. The number of rotatable bonds is 5. The lowest BCUT2D eigenvalue weighted by Gasteiger charge is -2.13. The lowest BCUT2D eigenvalue weighted by Crippen LogP contribution is -2.26. The second kappa shape index (κ2) is 6.20. The van der Waals surface area contributed by atoms with Crippen molar-refractivity contribution in [3.05, 3.63) is 0 Å². The van der Waals surface area contributed by atoms with Crippen LogP contribution in [0.3, 0.4) is 0 Å². The predicted molar refractivity (Wildman–Crippen MR) is 56.1 cm³/mol. The first-order valence-corrected chi connectivity index (χ1v) is 4.49. The van der Waals surface area contributed by atoms with Crippen molar-refractivity contribution in [2.45, 2.75) is 25.6 Å². The molecule has 13 heavy (non-hydrogen) atoms. The number of ether oxygens (including phenoxy) is 1. The molecule has 2 unspecified atom stereocenters. The molecule has 0 aliphatic rings. The number of hydrogen-bond acceptors (Lipinski definition) is 5. The summed E-state index contributed by atoms with van der Waals surface area (Å²) in [6.45, 7) is 1.56. The van der Waals surface area contributed by atoms with Crippen LogP contribution in [0.2, 0.25) is 0 Å². The third kappa shape index (κ3) is 6.83. The molecule has 0 spiro atoms. The molecule has 6 heteroatoms. The van der Waals surface area contributed by atoms with Gasteiger partial charge in [-0.15, -0.1) is 0 Å². The van der Waals surface area contributed by atoms with Crippen LogP contribution in [0.5, 0.6) is 0 Å². The van der Waals surface area contributed by atoms with Gasteiger partial charge in [-0.05, 0) is 31.4 Å². The highest BCUT2D eigenvalue weighted by Crippen LogP contribution is 1.99. The summed E-state index contributed by atoms with van der Waals surface area (Å²) < 4.78 is 4.83. The predicted octanol–water partition coefficient (Wildman–Crippen LogP) is 0.348. The van der Waals surface area contributed by atoms with Gasteiger partial charge in [0.05, 0.1) is 6.10 Å². The van der Waals surface area contributed by atoms with E-state index >= 15 is 0 Å². The summed E-state index contributed by atoms with van der Waals surface area (Å²) in [7, 11) is 0. The van der Waals surface area contributed by atoms with Crippen molar-refractivity contribution in [3.8, 4) is 0 Å². The van der Waals surface area contributed by atoms with Gasteiger partial charge in [0.25, 0.3) is 0 Å². The smallest absolute Gasteiger partial charge is 0.189 e. The second-order valence-corrected chi connectivity index (χ2v) is 3.47. The first-order chi connectivity index (χ1) is 5.93. The van der Waals surface area contributed by atoms with Gasteiger partial charge in [0.1, 0.15) is 12.7 Å². The topological polar surface area (TPSA) is 69.9 Å². The summed E-state index contributed by atoms with van der Waals surface area (Å²) in [6.07, 6.45) is -1.86. The highest BCUT2D eigenvalue weighted by Gasteiger charge is 2.14. The molecule has 0 radical (unpaired) electrons. The van der Waals surface area contributed by atoms with Crippen LogP contribution in [0.25, 0.3) is 0 Å². The summed E-state index contributed by atoms with van der Waals surface area (Å²) in [5.41, 5.74) is 0. The normalized spacial score (nSPS) is 14.7. The van der Waals surface area contributed by atoms with Crippen LogP contribution in [-0.4, -0.2) is 44.2 Å². The highest BCUT2D eigenvalue weighted by molar-refractivity contribution is 7.80. The van der Waals surface area contributed by atoms with Crippen LogP contribution < -0.4 is 0 Å². The zero-order valence-electron chi connectivity index (χ0n) is 7.14. The molecule has 0 aliphatic carbocycles. The maximum atomic E-state index is 9.21. The molecule has 0 amide bonds. The lowest BCUT2D eigenvalue weighted by molar-refractivity contribution is 0.104. The molecule has 0 fully saturated rings. The third-order valence-corrected chi connectivity index (χ3v) is 1.66. The van der Waals surface area contributed by atoms with Crippen molar-refractivity contribution < 1.29 is 20.1 Å². The number of thiocarbonyl (C=S) groups is 2. The van der Waals surface area contributed by atoms with Crippen LogP contribution in [0.4, 0.5) is 0 Å². The molecule has 0 saturated heterocycles. The number of hydrogen-bond donors (Lipinski definition) is 3. The maximum absolute atomic E-state index is 9.21. The van der Waals surface area contributed by atoms with Gasteiger partial charge in [0, 0.05) is 6.42 Å². The van der Waals surface area contributed by atoms with E-state index in [1.54, 1.807) is 0 Å². The van der Waals surface area contributed by atoms with Crippen molar-refractivity contribution in [1.29, 1.82) is 0 Å². The van der Waals surface area contributed by atoms with Crippen LogP contribution in [0.15, 0.2) is 0 Å². The summed E-state index contributed by atoms with van der Waals surface area (Å²) in [6, 6.07) is 0. The molecule has 0 aliphatic heterocycles. The first-order valence-electron chi connectivity index (χ1n) is 3.68. The molecular formula is C7H12O4S2. The van der Waals surface area contributed by atoms with E-state index < -0.39 is 12.2 Å². The van der Waals surface area contributed by atoms with Crippen LogP contribution >= 0.6 is 24.4 Å². The summed E-state index contributed by atoms with van der Waals surface area (Å²) >= 11 is 9.02. The third-order valence-electron chi connectivity index (χ3n) is 1.11. The van der Waals surface area contributed by atoms with Crippen LogP contribution in [-0.2, 0) is 4.74 Å². The van der Waals surface area contributed by atoms with E-state index in [0.29, 0.717) is 0 Å². The molecule has 0 saturated carbocycles. The Hall–Kier alpha value is -0.300. The average Bonchev–Trinajstić information content (AvgIpc) is 1.98. The Balaban J connectivity index is 3.76. The quantitative estimate of drug-likeness (QED) is 0.585. The van der Waals surface area contributed by atoms with Gasteiger partial charge in [-0.25, -0.2) is 0 Å². The highest BCUT2D eigenvalue weighted by atomic mass is 32.1. The number of aliphatic hydroxyl groups excluding tert-OH is 3. The van der Waals surface area contributed by atoms with Gasteiger partial charge in [-0.2, -0.15) is 0 Å². The van der Waals surface area contributed by atoms with Crippen LogP contribution in [0, 0.1) is 0 Å².